The van der Waals surface area contributed by atoms with Crippen molar-refractivity contribution in [1.82, 2.24) is 10.2 Å². The van der Waals surface area contributed by atoms with Crippen LogP contribution in [-0.4, -0.2) is 53.5 Å². The Hall–Kier alpha value is -1.47. The molecular weight excluding hydrogens is 346 g/mol. The van der Waals surface area contributed by atoms with Crippen molar-refractivity contribution in [2.45, 2.75) is 78.4 Å². The summed E-state index contributed by atoms with van der Waals surface area (Å²) in [5, 5.41) is 2.97. The molecule has 1 unspecified atom stereocenters. The number of rotatable bonds is 11. The SMILES string of the molecule is CC(C)C1CC(=O)N(CCC(=O)NC(C)(C)CCOC(C)(C)CCN)C1=O. The molecule has 0 aromatic heterocycles. The maximum Gasteiger partial charge on any atom is 0.233 e. The van der Waals surface area contributed by atoms with Gasteiger partial charge in [-0.3, -0.25) is 19.3 Å². The monoisotopic (exact) mass is 383 g/mol. The van der Waals surface area contributed by atoms with Gasteiger partial charge >= 0.3 is 0 Å². The number of nitrogens with zero attached hydrogens (tertiary/aromatic N) is 1. The molecular formula is C20H37N3O4. The summed E-state index contributed by atoms with van der Waals surface area (Å²) < 4.78 is 5.86. The van der Waals surface area contributed by atoms with Crippen LogP contribution in [0.25, 0.3) is 0 Å². The van der Waals surface area contributed by atoms with E-state index in [1.807, 2.05) is 41.5 Å². The minimum Gasteiger partial charge on any atom is -0.375 e. The van der Waals surface area contributed by atoms with Gasteiger partial charge in [-0.15, -0.1) is 0 Å². The third-order valence-corrected chi connectivity index (χ3v) is 5.09. The van der Waals surface area contributed by atoms with Crippen molar-refractivity contribution < 1.29 is 19.1 Å². The van der Waals surface area contributed by atoms with Gasteiger partial charge in [0.1, 0.15) is 0 Å². The number of ether oxygens (including phenoxy) is 1. The fraction of sp³-hybridized carbons (Fsp3) is 0.850. The number of imide groups is 1. The molecule has 1 aliphatic heterocycles. The van der Waals surface area contributed by atoms with Gasteiger partial charge in [-0.2, -0.15) is 0 Å². The first-order valence-corrected chi connectivity index (χ1v) is 9.88. The molecule has 1 rings (SSSR count). The minimum absolute atomic E-state index is 0.116. The van der Waals surface area contributed by atoms with Crippen LogP contribution in [0.15, 0.2) is 0 Å². The Labute approximate surface area is 163 Å². The molecule has 156 valence electrons. The molecule has 0 bridgehead atoms. The molecule has 1 saturated heterocycles. The smallest absolute Gasteiger partial charge is 0.233 e. The lowest BCUT2D eigenvalue weighted by Crippen LogP contribution is -2.46. The van der Waals surface area contributed by atoms with Gasteiger partial charge < -0.3 is 15.8 Å². The van der Waals surface area contributed by atoms with Gasteiger partial charge in [-0.1, -0.05) is 13.8 Å². The van der Waals surface area contributed by atoms with E-state index in [0.717, 1.165) is 6.42 Å². The number of carbonyl (C=O) groups excluding carboxylic acids is 3. The second kappa shape index (κ2) is 9.64. The first kappa shape index (κ1) is 23.6. The first-order chi connectivity index (χ1) is 12.4. The van der Waals surface area contributed by atoms with Crippen LogP contribution in [0.2, 0.25) is 0 Å². The fourth-order valence-corrected chi connectivity index (χ4v) is 3.18. The van der Waals surface area contributed by atoms with Gasteiger partial charge in [0.2, 0.25) is 17.7 Å². The number of likely N-dealkylation sites (tertiary alicyclic amines) is 1. The van der Waals surface area contributed by atoms with Gasteiger partial charge in [-0.25, -0.2) is 0 Å². The minimum atomic E-state index is -0.435. The van der Waals surface area contributed by atoms with Crippen LogP contribution < -0.4 is 11.1 Å². The molecule has 1 heterocycles. The Morgan fingerprint density at radius 2 is 1.89 bits per heavy atom. The van der Waals surface area contributed by atoms with E-state index in [0.29, 0.717) is 19.6 Å². The standard InChI is InChI=1S/C20H37N3O4/c1-14(2)15-13-17(25)23(18(15)26)11-7-16(24)22-19(3,4)9-12-27-20(5,6)8-10-21/h14-15H,7-13,21H2,1-6H3,(H,22,24). The number of amides is 3. The van der Waals surface area contributed by atoms with Crippen LogP contribution in [-0.2, 0) is 19.1 Å². The summed E-state index contributed by atoms with van der Waals surface area (Å²) in [4.78, 5) is 37.8. The number of carbonyl (C=O) groups is 3. The highest BCUT2D eigenvalue weighted by molar-refractivity contribution is 6.03. The molecule has 3 amide bonds. The maximum absolute atomic E-state index is 12.3. The summed E-state index contributed by atoms with van der Waals surface area (Å²) in [5.41, 5.74) is 4.86. The van der Waals surface area contributed by atoms with Gasteiger partial charge in [0.25, 0.3) is 0 Å². The van der Waals surface area contributed by atoms with Crippen molar-refractivity contribution in [3.05, 3.63) is 0 Å². The number of hydrogen-bond acceptors (Lipinski definition) is 5. The lowest BCUT2D eigenvalue weighted by Gasteiger charge is -2.30. The summed E-state index contributed by atoms with van der Waals surface area (Å²) in [6.07, 6.45) is 1.80. The van der Waals surface area contributed by atoms with Crippen molar-refractivity contribution in [2.75, 3.05) is 19.7 Å². The molecule has 0 aromatic carbocycles. The van der Waals surface area contributed by atoms with Crippen molar-refractivity contribution in [3.63, 3.8) is 0 Å². The third kappa shape index (κ3) is 7.58. The average molecular weight is 384 g/mol. The molecule has 0 aliphatic carbocycles. The second-order valence-corrected chi connectivity index (χ2v) is 9.02. The molecule has 1 atom stereocenters. The van der Waals surface area contributed by atoms with Crippen LogP contribution in [0.1, 0.15) is 67.2 Å². The largest absolute Gasteiger partial charge is 0.375 e. The molecule has 27 heavy (non-hydrogen) atoms. The maximum atomic E-state index is 12.3. The Morgan fingerprint density at radius 1 is 1.26 bits per heavy atom. The van der Waals surface area contributed by atoms with Crippen LogP contribution in [0.3, 0.4) is 0 Å². The molecule has 1 aliphatic rings. The molecule has 3 N–H and O–H groups in total. The van der Waals surface area contributed by atoms with E-state index in [1.165, 1.54) is 4.90 Å². The van der Waals surface area contributed by atoms with E-state index in [4.69, 9.17) is 10.5 Å². The van der Waals surface area contributed by atoms with Gasteiger partial charge in [0.15, 0.2) is 0 Å². The Kier molecular flexibility index (Phi) is 8.42. The lowest BCUT2D eigenvalue weighted by atomic mass is 9.94. The van der Waals surface area contributed by atoms with E-state index in [-0.39, 0.29) is 54.5 Å². The molecule has 0 saturated carbocycles. The van der Waals surface area contributed by atoms with Gasteiger partial charge in [0, 0.05) is 37.5 Å². The predicted molar refractivity (Wildman–Crippen MR) is 105 cm³/mol. The average Bonchev–Trinajstić information content (AvgIpc) is 2.79. The lowest BCUT2D eigenvalue weighted by molar-refractivity contribution is -0.140. The molecule has 0 spiro atoms. The third-order valence-electron chi connectivity index (χ3n) is 5.09. The second-order valence-electron chi connectivity index (χ2n) is 9.02. The van der Waals surface area contributed by atoms with Crippen LogP contribution in [0.4, 0.5) is 0 Å². The van der Waals surface area contributed by atoms with Crippen molar-refractivity contribution in [3.8, 4) is 0 Å². The summed E-state index contributed by atoms with van der Waals surface area (Å²) in [5.74, 6) is -0.637. The molecule has 7 heteroatoms. The zero-order chi connectivity index (χ0) is 20.8. The van der Waals surface area contributed by atoms with E-state index in [1.54, 1.807) is 0 Å². The number of nitrogens with one attached hydrogen (secondary N) is 1. The number of nitrogens with two attached hydrogens (primary N) is 1. The zero-order valence-electron chi connectivity index (χ0n) is 17.8. The van der Waals surface area contributed by atoms with Crippen LogP contribution >= 0.6 is 0 Å². The Morgan fingerprint density at radius 3 is 2.41 bits per heavy atom. The van der Waals surface area contributed by atoms with Gasteiger partial charge in [0.05, 0.1) is 5.60 Å². The van der Waals surface area contributed by atoms with Crippen molar-refractivity contribution in [2.24, 2.45) is 17.6 Å². The molecule has 0 radical (unpaired) electrons. The highest BCUT2D eigenvalue weighted by atomic mass is 16.5. The zero-order valence-corrected chi connectivity index (χ0v) is 17.8. The van der Waals surface area contributed by atoms with Crippen molar-refractivity contribution >= 4 is 17.7 Å². The Balaban J connectivity index is 2.42. The predicted octanol–water partition coefficient (Wildman–Crippen LogP) is 1.84. The van der Waals surface area contributed by atoms with E-state index < -0.39 is 5.54 Å². The number of hydrogen-bond donors (Lipinski definition) is 2. The normalized spacial score (nSPS) is 18.5. The highest BCUT2D eigenvalue weighted by Crippen LogP contribution is 2.26. The summed E-state index contributed by atoms with van der Waals surface area (Å²) in [7, 11) is 0. The first-order valence-electron chi connectivity index (χ1n) is 9.88. The van der Waals surface area contributed by atoms with Crippen LogP contribution in [0, 0.1) is 11.8 Å². The van der Waals surface area contributed by atoms with Crippen molar-refractivity contribution in [1.29, 1.82) is 0 Å². The molecule has 0 aromatic rings. The fourth-order valence-electron chi connectivity index (χ4n) is 3.18. The van der Waals surface area contributed by atoms with Crippen LogP contribution in [0.5, 0.6) is 0 Å². The molecule has 1 fully saturated rings. The summed E-state index contributed by atoms with van der Waals surface area (Å²) in [6.45, 7) is 13.0. The quantitative estimate of drug-likeness (QED) is 0.530. The highest BCUT2D eigenvalue weighted by Gasteiger charge is 2.40. The summed E-state index contributed by atoms with van der Waals surface area (Å²) >= 11 is 0. The summed E-state index contributed by atoms with van der Waals surface area (Å²) in [6, 6.07) is 0. The van der Waals surface area contributed by atoms with E-state index >= 15 is 0 Å². The Bertz CT molecular complexity index is 543. The van der Waals surface area contributed by atoms with E-state index in [2.05, 4.69) is 5.32 Å². The topological polar surface area (TPSA) is 102 Å². The molecule has 7 nitrogen and oxygen atoms in total. The van der Waals surface area contributed by atoms with Gasteiger partial charge in [-0.05, 0) is 53.0 Å². The van der Waals surface area contributed by atoms with E-state index in [9.17, 15) is 14.4 Å².